The summed E-state index contributed by atoms with van der Waals surface area (Å²) in [5.41, 5.74) is 3.07. The standard InChI is InChI=1S/C14H10Br2Cl2/c1-8-10(3-2-4-13(8)17)14(18)11-7-9(15)5-6-12(11)16/h2-7,14H,1H3. The van der Waals surface area contributed by atoms with Crippen LogP contribution in [0.1, 0.15) is 22.1 Å². The Morgan fingerprint density at radius 1 is 1.06 bits per heavy atom. The van der Waals surface area contributed by atoms with Gasteiger partial charge in [-0.1, -0.05) is 55.6 Å². The van der Waals surface area contributed by atoms with Crippen LogP contribution in [0, 0.1) is 6.92 Å². The van der Waals surface area contributed by atoms with Crippen molar-refractivity contribution in [2.75, 3.05) is 0 Å². The number of halogens is 4. The third-order valence-corrected chi connectivity index (χ3v) is 4.91. The lowest BCUT2D eigenvalue weighted by atomic mass is 10.00. The van der Waals surface area contributed by atoms with Gasteiger partial charge in [0.25, 0.3) is 0 Å². The molecule has 0 radical (unpaired) electrons. The molecule has 0 aromatic heterocycles. The van der Waals surface area contributed by atoms with Crippen molar-refractivity contribution < 1.29 is 0 Å². The maximum absolute atomic E-state index is 6.58. The van der Waals surface area contributed by atoms with Gasteiger partial charge in [-0.05, 0) is 47.9 Å². The highest BCUT2D eigenvalue weighted by molar-refractivity contribution is 9.11. The van der Waals surface area contributed by atoms with Crippen molar-refractivity contribution in [3.8, 4) is 0 Å². The van der Waals surface area contributed by atoms with E-state index in [4.69, 9.17) is 23.2 Å². The molecule has 18 heavy (non-hydrogen) atoms. The number of rotatable bonds is 2. The minimum absolute atomic E-state index is 0.226. The van der Waals surface area contributed by atoms with Crippen molar-refractivity contribution in [3.63, 3.8) is 0 Å². The lowest BCUT2D eigenvalue weighted by Crippen LogP contribution is -1.98. The first-order chi connectivity index (χ1) is 8.50. The van der Waals surface area contributed by atoms with E-state index in [1.54, 1.807) is 0 Å². The molecule has 0 aliphatic rings. The fraction of sp³-hybridized carbons (Fsp3) is 0.143. The molecular formula is C14H10Br2Cl2. The zero-order valence-electron chi connectivity index (χ0n) is 9.55. The summed E-state index contributed by atoms with van der Waals surface area (Å²) in [6.45, 7) is 1.99. The van der Waals surface area contributed by atoms with E-state index < -0.39 is 0 Å². The quantitative estimate of drug-likeness (QED) is 0.497. The molecule has 0 fully saturated rings. The minimum Gasteiger partial charge on any atom is -0.113 e. The van der Waals surface area contributed by atoms with E-state index in [1.807, 2.05) is 43.3 Å². The van der Waals surface area contributed by atoms with E-state index in [1.165, 1.54) is 0 Å². The summed E-state index contributed by atoms with van der Waals surface area (Å²) in [4.78, 5) is 0. The summed E-state index contributed by atoms with van der Waals surface area (Å²) in [7, 11) is 0. The summed E-state index contributed by atoms with van der Waals surface area (Å²) in [5.74, 6) is 0. The number of hydrogen-bond acceptors (Lipinski definition) is 0. The van der Waals surface area contributed by atoms with Gasteiger partial charge in [0.15, 0.2) is 0 Å². The van der Waals surface area contributed by atoms with E-state index in [-0.39, 0.29) is 5.38 Å². The second kappa shape index (κ2) is 5.96. The van der Waals surface area contributed by atoms with E-state index in [2.05, 4.69) is 31.9 Å². The predicted octanol–water partition coefficient (Wildman–Crippen LogP) is 6.50. The van der Waals surface area contributed by atoms with Crippen LogP contribution < -0.4 is 0 Å². The molecule has 0 bridgehead atoms. The van der Waals surface area contributed by atoms with Gasteiger partial charge in [-0.3, -0.25) is 0 Å². The van der Waals surface area contributed by atoms with Gasteiger partial charge >= 0.3 is 0 Å². The zero-order valence-corrected chi connectivity index (χ0v) is 14.2. The molecule has 1 atom stereocenters. The highest BCUT2D eigenvalue weighted by atomic mass is 79.9. The second-order valence-corrected chi connectivity index (χ2v) is 6.60. The van der Waals surface area contributed by atoms with Crippen LogP contribution in [0.5, 0.6) is 0 Å². The van der Waals surface area contributed by atoms with Crippen LogP contribution in [-0.2, 0) is 0 Å². The van der Waals surface area contributed by atoms with Crippen LogP contribution in [0.3, 0.4) is 0 Å². The van der Waals surface area contributed by atoms with E-state index >= 15 is 0 Å². The Balaban J connectivity index is 2.51. The van der Waals surface area contributed by atoms with Crippen LogP contribution in [0.4, 0.5) is 0 Å². The highest BCUT2D eigenvalue weighted by Crippen LogP contribution is 2.38. The zero-order chi connectivity index (χ0) is 13.3. The Morgan fingerprint density at radius 3 is 2.50 bits per heavy atom. The lowest BCUT2D eigenvalue weighted by Gasteiger charge is -2.16. The maximum atomic E-state index is 6.58. The monoisotopic (exact) mass is 406 g/mol. The first kappa shape index (κ1) is 14.4. The number of hydrogen-bond donors (Lipinski definition) is 0. The van der Waals surface area contributed by atoms with Crippen molar-refractivity contribution in [1.29, 1.82) is 0 Å². The van der Waals surface area contributed by atoms with Gasteiger partial charge in [0.2, 0.25) is 0 Å². The summed E-state index contributed by atoms with van der Waals surface area (Å²) in [6, 6.07) is 11.8. The van der Waals surface area contributed by atoms with Gasteiger partial charge in [-0.2, -0.15) is 0 Å². The first-order valence-electron chi connectivity index (χ1n) is 5.34. The molecule has 0 heterocycles. The molecule has 0 N–H and O–H groups in total. The fourth-order valence-corrected chi connectivity index (χ4v) is 3.36. The number of alkyl halides is 1. The molecule has 0 aliphatic carbocycles. The Labute approximate surface area is 134 Å². The van der Waals surface area contributed by atoms with Gasteiger partial charge in [0, 0.05) is 14.0 Å². The minimum atomic E-state index is -0.226. The third-order valence-electron chi connectivity index (χ3n) is 2.81. The van der Waals surface area contributed by atoms with E-state index in [0.29, 0.717) is 0 Å². The fourth-order valence-electron chi connectivity index (χ4n) is 1.78. The van der Waals surface area contributed by atoms with Crippen molar-refractivity contribution >= 4 is 55.1 Å². The molecule has 2 aromatic rings. The first-order valence-corrected chi connectivity index (χ1v) is 7.74. The molecule has 0 saturated heterocycles. The molecule has 2 rings (SSSR count). The van der Waals surface area contributed by atoms with Crippen LogP contribution in [0.2, 0.25) is 5.02 Å². The Kier molecular flexibility index (Phi) is 4.76. The lowest BCUT2D eigenvalue weighted by molar-refractivity contribution is 1.10. The molecular weight excluding hydrogens is 399 g/mol. The van der Waals surface area contributed by atoms with Gasteiger partial charge in [0.05, 0.1) is 5.38 Å². The molecule has 0 aliphatic heterocycles. The molecule has 0 saturated carbocycles. The molecule has 1 unspecified atom stereocenters. The average Bonchev–Trinajstić information content (AvgIpc) is 2.35. The van der Waals surface area contributed by atoms with E-state index in [0.717, 1.165) is 30.7 Å². The van der Waals surface area contributed by atoms with Crippen LogP contribution in [0.15, 0.2) is 45.3 Å². The van der Waals surface area contributed by atoms with E-state index in [9.17, 15) is 0 Å². The van der Waals surface area contributed by atoms with Crippen LogP contribution in [0.25, 0.3) is 0 Å². The van der Waals surface area contributed by atoms with Crippen molar-refractivity contribution in [1.82, 2.24) is 0 Å². The predicted molar refractivity (Wildman–Crippen MR) is 85.7 cm³/mol. The molecule has 0 spiro atoms. The smallest absolute Gasteiger partial charge is 0.0849 e. The Hall–Kier alpha value is -0.0200. The van der Waals surface area contributed by atoms with Crippen LogP contribution in [-0.4, -0.2) is 0 Å². The Bertz CT molecular complexity index is 580. The second-order valence-electron chi connectivity index (χ2n) is 3.98. The van der Waals surface area contributed by atoms with Crippen molar-refractivity contribution in [2.45, 2.75) is 12.3 Å². The molecule has 0 amide bonds. The topological polar surface area (TPSA) is 0 Å². The van der Waals surface area contributed by atoms with Gasteiger partial charge in [-0.15, -0.1) is 11.6 Å². The van der Waals surface area contributed by atoms with Crippen molar-refractivity contribution in [3.05, 3.63) is 67.1 Å². The SMILES string of the molecule is Cc1c(Cl)cccc1C(Cl)c1cc(Br)ccc1Br. The Morgan fingerprint density at radius 2 is 1.78 bits per heavy atom. The van der Waals surface area contributed by atoms with Crippen LogP contribution >= 0.6 is 55.1 Å². The van der Waals surface area contributed by atoms with Gasteiger partial charge in [0.1, 0.15) is 0 Å². The normalized spacial score (nSPS) is 12.5. The number of benzene rings is 2. The summed E-state index contributed by atoms with van der Waals surface area (Å²) >= 11 is 19.7. The molecule has 94 valence electrons. The van der Waals surface area contributed by atoms with Gasteiger partial charge < -0.3 is 0 Å². The summed E-state index contributed by atoms with van der Waals surface area (Å²) in [5, 5.41) is 0.514. The van der Waals surface area contributed by atoms with Gasteiger partial charge in [-0.25, -0.2) is 0 Å². The largest absolute Gasteiger partial charge is 0.113 e. The molecule has 2 aromatic carbocycles. The summed E-state index contributed by atoms with van der Waals surface area (Å²) in [6.07, 6.45) is 0. The molecule has 4 heteroatoms. The third kappa shape index (κ3) is 2.93. The average molecular weight is 409 g/mol. The summed E-state index contributed by atoms with van der Waals surface area (Å²) < 4.78 is 2.00. The molecule has 0 nitrogen and oxygen atoms in total. The van der Waals surface area contributed by atoms with Crippen molar-refractivity contribution in [2.24, 2.45) is 0 Å². The highest BCUT2D eigenvalue weighted by Gasteiger charge is 2.17. The maximum Gasteiger partial charge on any atom is 0.0849 e.